The van der Waals surface area contributed by atoms with Crippen molar-refractivity contribution >= 4 is 23.2 Å². The summed E-state index contributed by atoms with van der Waals surface area (Å²) in [6.07, 6.45) is 4.12. The molecule has 0 aromatic carbocycles. The summed E-state index contributed by atoms with van der Waals surface area (Å²) in [5.41, 5.74) is 0. The van der Waals surface area contributed by atoms with Crippen LogP contribution in [0.1, 0.15) is 35.4 Å². The van der Waals surface area contributed by atoms with Gasteiger partial charge in [-0.15, -0.1) is 11.3 Å². The van der Waals surface area contributed by atoms with Crippen LogP contribution in [0.25, 0.3) is 0 Å². The van der Waals surface area contributed by atoms with Gasteiger partial charge in [0.25, 0.3) is 5.91 Å². The maximum Gasteiger partial charge on any atom is 0.263 e. The maximum absolute atomic E-state index is 12.3. The van der Waals surface area contributed by atoms with Crippen LogP contribution in [0.5, 0.6) is 0 Å². The third-order valence-electron chi connectivity index (χ3n) is 4.82. The summed E-state index contributed by atoms with van der Waals surface area (Å²) < 4.78 is 0. The number of piperidine rings is 1. The Morgan fingerprint density at radius 3 is 2.65 bits per heavy atom. The van der Waals surface area contributed by atoms with Crippen LogP contribution in [0.15, 0.2) is 17.5 Å². The molecule has 126 valence electrons. The van der Waals surface area contributed by atoms with Crippen LogP contribution in [-0.2, 0) is 4.79 Å². The van der Waals surface area contributed by atoms with Crippen LogP contribution < -0.4 is 5.32 Å². The van der Waals surface area contributed by atoms with Crippen molar-refractivity contribution in [1.29, 1.82) is 0 Å². The number of rotatable bonds is 6. The van der Waals surface area contributed by atoms with Gasteiger partial charge in [-0.1, -0.05) is 6.07 Å². The summed E-state index contributed by atoms with van der Waals surface area (Å²) >= 11 is 1.48. The maximum atomic E-state index is 12.3. The molecule has 2 heterocycles. The van der Waals surface area contributed by atoms with Crippen molar-refractivity contribution in [2.24, 2.45) is 5.92 Å². The molecule has 5 nitrogen and oxygen atoms in total. The highest BCUT2D eigenvalue weighted by molar-refractivity contribution is 7.12. The standard InChI is InChI=1S/C17H25N3O2S/c1-19(14-4-5-14)11-8-18-16(21)13-6-9-20(10-7-13)17(22)15-3-2-12-23-15/h2-3,12-14H,4-11H2,1H3,(H,18,21). The van der Waals surface area contributed by atoms with Crippen LogP contribution in [0.3, 0.4) is 0 Å². The number of nitrogens with zero attached hydrogens (tertiary/aromatic N) is 2. The molecular formula is C17H25N3O2S. The molecule has 1 saturated carbocycles. The predicted octanol–water partition coefficient (Wildman–Crippen LogP) is 1.81. The number of carbonyl (C=O) groups is 2. The van der Waals surface area contributed by atoms with E-state index >= 15 is 0 Å². The summed E-state index contributed by atoms with van der Waals surface area (Å²) in [4.78, 5) is 29.5. The third kappa shape index (κ3) is 4.32. The van der Waals surface area contributed by atoms with E-state index in [1.807, 2.05) is 22.4 Å². The largest absolute Gasteiger partial charge is 0.355 e. The van der Waals surface area contributed by atoms with Crippen LogP contribution in [-0.4, -0.2) is 60.9 Å². The average Bonchev–Trinajstić information content (AvgIpc) is 3.29. The van der Waals surface area contributed by atoms with Gasteiger partial charge in [-0.3, -0.25) is 9.59 Å². The van der Waals surface area contributed by atoms with Gasteiger partial charge in [0, 0.05) is 38.1 Å². The Labute approximate surface area is 141 Å². The van der Waals surface area contributed by atoms with Crippen molar-refractivity contribution in [2.75, 3.05) is 33.2 Å². The second-order valence-corrected chi connectivity index (χ2v) is 7.49. The van der Waals surface area contributed by atoms with E-state index in [2.05, 4.69) is 17.3 Å². The zero-order chi connectivity index (χ0) is 16.2. The minimum absolute atomic E-state index is 0.0496. The third-order valence-corrected chi connectivity index (χ3v) is 5.68. The first-order valence-electron chi connectivity index (χ1n) is 8.46. The molecule has 6 heteroatoms. The van der Waals surface area contributed by atoms with E-state index in [0.29, 0.717) is 13.1 Å². The van der Waals surface area contributed by atoms with Crippen molar-refractivity contribution in [2.45, 2.75) is 31.7 Å². The van der Waals surface area contributed by atoms with Gasteiger partial charge in [-0.25, -0.2) is 0 Å². The first-order valence-corrected chi connectivity index (χ1v) is 9.34. The number of likely N-dealkylation sites (tertiary alicyclic amines) is 1. The van der Waals surface area contributed by atoms with Gasteiger partial charge in [0.1, 0.15) is 0 Å². The van der Waals surface area contributed by atoms with E-state index in [9.17, 15) is 9.59 Å². The zero-order valence-electron chi connectivity index (χ0n) is 13.7. The number of hydrogen-bond acceptors (Lipinski definition) is 4. The number of hydrogen-bond donors (Lipinski definition) is 1. The Bertz CT molecular complexity index is 534. The van der Waals surface area contributed by atoms with Gasteiger partial charge < -0.3 is 15.1 Å². The lowest BCUT2D eigenvalue weighted by molar-refractivity contribution is -0.126. The first-order chi connectivity index (χ1) is 11.1. The molecule has 2 amide bonds. The van der Waals surface area contributed by atoms with Gasteiger partial charge >= 0.3 is 0 Å². The van der Waals surface area contributed by atoms with Crippen LogP contribution in [0.2, 0.25) is 0 Å². The number of amides is 2. The van der Waals surface area contributed by atoms with Gasteiger partial charge in [0.2, 0.25) is 5.91 Å². The summed E-state index contributed by atoms with van der Waals surface area (Å²) in [6, 6.07) is 4.50. The van der Waals surface area contributed by atoms with Gasteiger partial charge in [-0.05, 0) is 44.2 Å². The van der Waals surface area contributed by atoms with Crippen LogP contribution in [0.4, 0.5) is 0 Å². The normalized spacial score (nSPS) is 19.1. The summed E-state index contributed by atoms with van der Waals surface area (Å²) in [6.45, 7) is 3.00. The number of carbonyl (C=O) groups excluding carboxylic acids is 2. The molecule has 23 heavy (non-hydrogen) atoms. The Morgan fingerprint density at radius 2 is 2.04 bits per heavy atom. The lowest BCUT2D eigenvalue weighted by Gasteiger charge is -2.31. The Morgan fingerprint density at radius 1 is 1.30 bits per heavy atom. The summed E-state index contributed by atoms with van der Waals surface area (Å²) in [5.74, 6) is 0.302. The van der Waals surface area contributed by atoms with Gasteiger partial charge in [-0.2, -0.15) is 0 Å². The lowest BCUT2D eigenvalue weighted by atomic mass is 9.96. The quantitative estimate of drug-likeness (QED) is 0.863. The van der Waals surface area contributed by atoms with E-state index in [-0.39, 0.29) is 17.7 Å². The molecule has 1 aliphatic carbocycles. The molecule has 0 radical (unpaired) electrons. The van der Waals surface area contributed by atoms with Crippen molar-refractivity contribution in [1.82, 2.24) is 15.1 Å². The fourth-order valence-electron chi connectivity index (χ4n) is 3.10. The minimum atomic E-state index is 0.0496. The second-order valence-electron chi connectivity index (χ2n) is 6.55. The molecule has 3 rings (SSSR count). The van der Waals surface area contributed by atoms with Crippen molar-refractivity contribution < 1.29 is 9.59 Å². The smallest absolute Gasteiger partial charge is 0.263 e. The second kappa shape index (κ2) is 7.45. The van der Waals surface area contributed by atoms with Crippen molar-refractivity contribution in [3.8, 4) is 0 Å². The van der Waals surface area contributed by atoms with E-state index in [0.717, 1.165) is 36.9 Å². The summed E-state index contributed by atoms with van der Waals surface area (Å²) in [5, 5.41) is 4.98. The highest BCUT2D eigenvalue weighted by Gasteiger charge is 2.29. The topological polar surface area (TPSA) is 52.7 Å². The van der Waals surface area contributed by atoms with Crippen molar-refractivity contribution in [3.05, 3.63) is 22.4 Å². The Balaban J connectivity index is 1.38. The molecule has 2 fully saturated rings. The molecule has 1 aromatic heterocycles. The molecule has 1 aliphatic heterocycles. The predicted molar refractivity (Wildman–Crippen MR) is 91.6 cm³/mol. The highest BCUT2D eigenvalue weighted by Crippen LogP contribution is 2.24. The van der Waals surface area contributed by atoms with Crippen LogP contribution in [0, 0.1) is 5.92 Å². The number of thiophene rings is 1. The molecule has 2 aliphatic rings. The first kappa shape index (κ1) is 16.5. The lowest BCUT2D eigenvalue weighted by Crippen LogP contribution is -2.44. The molecule has 1 aromatic rings. The molecule has 0 spiro atoms. The Kier molecular flexibility index (Phi) is 5.33. The molecule has 0 unspecified atom stereocenters. The van der Waals surface area contributed by atoms with E-state index < -0.39 is 0 Å². The number of nitrogens with one attached hydrogen (secondary N) is 1. The van der Waals surface area contributed by atoms with E-state index in [1.165, 1.54) is 24.2 Å². The highest BCUT2D eigenvalue weighted by atomic mass is 32.1. The van der Waals surface area contributed by atoms with Gasteiger partial charge in [0.05, 0.1) is 4.88 Å². The molecule has 1 N–H and O–H groups in total. The molecule has 0 bridgehead atoms. The number of likely N-dealkylation sites (N-methyl/N-ethyl adjacent to an activating group) is 1. The van der Waals surface area contributed by atoms with E-state index in [4.69, 9.17) is 0 Å². The molecule has 0 atom stereocenters. The SMILES string of the molecule is CN(CCNC(=O)C1CCN(C(=O)c2cccs2)CC1)C1CC1. The van der Waals surface area contributed by atoms with E-state index in [1.54, 1.807) is 0 Å². The zero-order valence-corrected chi connectivity index (χ0v) is 14.5. The van der Waals surface area contributed by atoms with Gasteiger partial charge in [0.15, 0.2) is 0 Å². The fourth-order valence-corrected chi connectivity index (χ4v) is 3.79. The monoisotopic (exact) mass is 335 g/mol. The molecular weight excluding hydrogens is 310 g/mol. The van der Waals surface area contributed by atoms with Crippen LogP contribution >= 0.6 is 11.3 Å². The Hall–Kier alpha value is -1.40. The average molecular weight is 335 g/mol. The van der Waals surface area contributed by atoms with Crippen molar-refractivity contribution in [3.63, 3.8) is 0 Å². The minimum Gasteiger partial charge on any atom is -0.355 e. The fraction of sp³-hybridized carbons (Fsp3) is 0.647. The molecule has 1 saturated heterocycles. The summed E-state index contributed by atoms with van der Waals surface area (Å²) in [7, 11) is 2.12.